The molecule has 1 atom stereocenters. The lowest BCUT2D eigenvalue weighted by atomic mass is 9.82. The lowest BCUT2D eigenvalue weighted by Gasteiger charge is -2.24. The van der Waals surface area contributed by atoms with E-state index in [1.165, 1.54) is 17.5 Å². The Balaban J connectivity index is 1.40. The summed E-state index contributed by atoms with van der Waals surface area (Å²) in [4.78, 5) is 12.1. The minimum atomic E-state index is -0.108. The number of benzene rings is 2. The van der Waals surface area contributed by atoms with Gasteiger partial charge in [-0.05, 0) is 66.8 Å². The molecule has 0 fully saturated rings. The van der Waals surface area contributed by atoms with E-state index in [0.717, 1.165) is 42.7 Å². The van der Waals surface area contributed by atoms with Crippen molar-refractivity contribution in [2.45, 2.75) is 39.2 Å². The summed E-state index contributed by atoms with van der Waals surface area (Å²) < 4.78 is 5.32. The van der Waals surface area contributed by atoms with Gasteiger partial charge >= 0.3 is 6.03 Å². The van der Waals surface area contributed by atoms with Gasteiger partial charge in [-0.15, -0.1) is 0 Å². The van der Waals surface area contributed by atoms with E-state index in [4.69, 9.17) is 4.74 Å². The standard InChI is InChI=1S/C22H28N2O2/c1-16-20(8-5-9-21(16)26-2)15-24-22(25)23-13-12-17-10-11-18-6-3-4-7-19(18)14-17/h3-9,17H,10-15H2,1-2H3,(H2,23,24,25). The molecule has 0 radical (unpaired) electrons. The summed E-state index contributed by atoms with van der Waals surface area (Å²) in [5.41, 5.74) is 5.10. The molecule has 0 aromatic heterocycles. The lowest BCUT2D eigenvalue weighted by molar-refractivity contribution is 0.239. The number of urea groups is 1. The Hall–Kier alpha value is -2.49. The van der Waals surface area contributed by atoms with Gasteiger partial charge in [0.15, 0.2) is 0 Å². The number of nitrogens with one attached hydrogen (secondary N) is 2. The average molecular weight is 352 g/mol. The Morgan fingerprint density at radius 1 is 1.12 bits per heavy atom. The molecule has 138 valence electrons. The zero-order chi connectivity index (χ0) is 18.4. The van der Waals surface area contributed by atoms with E-state index in [-0.39, 0.29) is 6.03 Å². The highest BCUT2D eigenvalue weighted by atomic mass is 16.5. The summed E-state index contributed by atoms with van der Waals surface area (Å²) in [6, 6.07) is 14.5. The molecule has 1 unspecified atom stereocenters. The van der Waals surface area contributed by atoms with Crippen LogP contribution in [0.2, 0.25) is 0 Å². The first-order valence-electron chi connectivity index (χ1n) is 9.38. The number of hydrogen-bond acceptors (Lipinski definition) is 2. The van der Waals surface area contributed by atoms with Crippen molar-refractivity contribution in [3.63, 3.8) is 0 Å². The first kappa shape index (κ1) is 18.3. The number of hydrogen-bond donors (Lipinski definition) is 2. The van der Waals surface area contributed by atoms with Crippen LogP contribution in [-0.4, -0.2) is 19.7 Å². The van der Waals surface area contributed by atoms with Crippen LogP contribution in [0.3, 0.4) is 0 Å². The minimum Gasteiger partial charge on any atom is -0.496 e. The molecule has 0 heterocycles. The second-order valence-electron chi connectivity index (χ2n) is 7.02. The van der Waals surface area contributed by atoms with Gasteiger partial charge in [0, 0.05) is 13.1 Å². The molecule has 0 saturated heterocycles. The van der Waals surface area contributed by atoms with Crippen LogP contribution < -0.4 is 15.4 Å². The molecule has 0 aliphatic heterocycles. The van der Waals surface area contributed by atoms with E-state index in [2.05, 4.69) is 34.9 Å². The Labute approximate surface area is 156 Å². The van der Waals surface area contributed by atoms with Crippen molar-refractivity contribution in [1.29, 1.82) is 0 Å². The van der Waals surface area contributed by atoms with Crippen LogP contribution in [-0.2, 0) is 19.4 Å². The summed E-state index contributed by atoms with van der Waals surface area (Å²) in [5, 5.41) is 5.93. The van der Waals surface area contributed by atoms with Crippen LogP contribution in [0.5, 0.6) is 5.75 Å². The maximum absolute atomic E-state index is 12.1. The van der Waals surface area contributed by atoms with Crippen LogP contribution in [0.15, 0.2) is 42.5 Å². The normalized spacial score (nSPS) is 15.8. The van der Waals surface area contributed by atoms with Crippen molar-refractivity contribution in [3.8, 4) is 5.75 Å². The van der Waals surface area contributed by atoms with Crippen LogP contribution in [0.25, 0.3) is 0 Å². The summed E-state index contributed by atoms with van der Waals surface area (Å²) in [6.07, 6.45) is 4.52. The van der Waals surface area contributed by atoms with Gasteiger partial charge in [0.05, 0.1) is 7.11 Å². The summed E-state index contributed by atoms with van der Waals surface area (Å²) in [6.45, 7) is 3.23. The Kier molecular flexibility index (Phi) is 6.16. The molecule has 4 nitrogen and oxygen atoms in total. The fraction of sp³-hybridized carbons (Fsp3) is 0.409. The van der Waals surface area contributed by atoms with Crippen molar-refractivity contribution in [3.05, 3.63) is 64.7 Å². The van der Waals surface area contributed by atoms with Gasteiger partial charge in [-0.1, -0.05) is 36.4 Å². The number of carbonyl (C=O) groups is 1. The highest BCUT2D eigenvalue weighted by molar-refractivity contribution is 5.73. The fourth-order valence-corrected chi connectivity index (χ4v) is 3.72. The van der Waals surface area contributed by atoms with Crippen LogP contribution in [0.1, 0.15) is 35.1 Å². The molecule has 1 aliphatic carbocycles. The molecule has 2 amide bonds. The largest absolute Gasteiger partial charge is 0.496 e. The van der Waals surface area contributed by atoms with E-state index < -0.39 is 0 Å². The summed E-state index contributed by atoms with van der Waals surface area (Å²) in [7, 11) is 1.66. The summed E-state index contributed by atoms with van der Waals surface area (Å²) in [5.74, 6) is 1.51. The predicted octanol–water partition coefficient (Wildman–Crippen LogP) is 4.00. The molecule has 4 heteroatoms. The molecule has 3 rings (SSSR count). The monoisotopic (exact) mass is 352 g/mol. The second kappa shape index (κ2) is 8.75. The molecule has 0 bridgehead atoms. The minimum absolute atomic E-state index is 0.108. The van der Waals surface area contributed by atoms with Crippen molar-refractivity contribution < 1.29 is 9.53 Å². The third kappa shape index (κ3) is 4.57. The summed E-state index contributed by atoms with van der Waals surface area (Å²) >= 11 is 0. The topological polar surface area (TPSA) is 50.4 Å². The van der Waals surface area contributed by atoms with Crippen molar-refractivity contribution >= 4 is 6.03 Å². The maximum Gasteiger partial charge on any atom is 0.315 e. The van der Waals surface area contributed by atoms with E-state index >= 15 is 0 Å². The molecular formula is C22H28N2O2. The highest BCUT2D eigenvalue weighted by Gasteiger charge is 2.18. The molecular weight excluding hydrogens is 324 g/mol. The number of carbonyl (C=O) groups excluding carboxylic acids is 1. The second-order valence-corrected chi connectivity index (χ2v) is 7.02. The van der Waals surface area contributed by atoms with Crippen molar-refractivity contribution in [2.24, 2.45) is 5.92 Å². The van der Waals surface area contributed by atoms with Gasteiger partial charge in [-0.3, -0.25) is 0 Å². The number of ether oxygens (including phenoxy) is 1. The highest BCUT2D eigenvalue weighted by Crippen LogP contribution is 2.27. The predicted molar refractivity (Wildman–Crippen MR) is 105 cm³/mol. The average Bonchev–Trinajstić information content (AvgIpc) is 2.67. The van der Waals surface area contributed by atoms with Gasteiger partial charge in [-0.25, -0.2) is 4.79 Å². The number of aryl methyl sites for hydroxylation is 1. The zero-order valence-electron chi connectivity index (χ0n) is 15.7. The van der Waals surface area contributed by atoms with E-state index in [1.807, 2.05) is 25.1 Å². The first-order valence-corrected chi connectivity index (χ1v) is 9.38. The van der Waals surface area contributed by atoms with Crippen LogP contribution in [0.4, 0.5) is 4.79 Å². The quantitative estimate of drug-likeness (QED) is 0.826. The fourth-order valence-electron chi connectivity index (χ4n) is 3.72. The molecule has 26 heavy (non-hydrogen) atoms. The number of methoxy groups -OCH3 is 1. The first-order chi connectivity index (χ1) is 12.7. The molecule has 0 spiro atoms. The van der Waals surface area contributed by atoms with Gasteiger partial charge in [-0.2, -0.15) is 0 Å². The molecule has 1 aliphatic rings. The SMILES string of the molecule is COc1cccc(CNC(=O)NCCC2CCc3ccccc3C2)c1C. The Morgan fingerprint density at radius 2 is 1.92 bits per heavy atom. The Morgan fingerprint density at radius 3 is 2.73 bits per heavy atom. The zero-order valence-corrected chi connectivity index (χ0v) is 15.7. The molecule has 0 saturated carbocycles. The third-order valence-electron chi connectivity index (χ3n) is 5.34. The number of fused-ring (bicyclic) bond motifs is 1. The maximum atomic E-state index is 12.1. The van der Waals surface area contributed by atoms with Gasteiger partial charge in [0.2, 0.25) is 0 Å². The van der Waals surface area contributed by atoms with Crippen LogP contribution >= 0.6 is 0 Å². The lowest BCUT2D eigenvalue weighted by Crippen LogP contribution is -2.36. The smallest absolute Gasteiger partial charge is 0.315 e. The van der Waals surface area contributed by atoms with E-state index in [1.54, 1.807) is 7.11 Å². The van der Waals surface area contributed by atoms with Gasteiger partial charge < -0.3 is 15.4 Å². The van der Waals surface area contributed by atoms with E-state index in [9.17, 15) is 4.79 Å². The van der Waals surface area contributed by atoms with Crippen LogP contribution in [0, 0.1) is 12.8 Å². The third-order valence-corrected chi connectivity index (χ3v) is 5.34. The number of amides is 2. The molecule has 2 aromatic rings. The van der Waals surface area contributed by atoms with Crippen molar-refractivity contribution in [2.75, 3.05) is 13.7 Å². The van der Waals surface area contributed by atoms with E-state index in [0.29, 0.717) is 12.5 Å². The molecule has 2 N–H and O–H groups in total. The number of rotatable bonds is 6. The van der Waals surface area contributed by atoms with Crippen molar-refractivity contribution in [1.82, 2.24) is 10.6 Å². The Bertz CT molecular complexity index is 758. The van der Waals surface area contributed by atoms with Gasteiger partial charge in [0.25, 0.3) is 0 Å². The van der Waals surface area contributed by atoms with Gasteiger partial charge in [0.1, 0.15) is 5.75 Å². The molecule has 2 aromatic carbocycles.